The third-order valence-corrected chi connectivity index (χ3v) is 4.80. The molecule has 0 amide bonds. The second-order valence-corrected chi connectivity index (χ2v) is 6.84. The van der Waals surface area contributed by atoms with E-state index in [0.717, 1.165) is 49.2 Å². The fourth-order valence-electron chi connectivity index (χ4n) is 2.94. The second-order valence-electron chi connectivity index (χ2n) is 6.84. The van der Waals surface area contributed by atoms with Crippen LogP contribution in [0.25, 0.3) is 0 Å². The highest BCUT2D eigenvalue weighted by Gasteiger charge is 2.11. The van der Waals surface area contributed by atoms with Gasteiger partial charge in [-0.1, -0.05) is 58.4 Å². The highest BCUT2D eigenvalue weighted by atomic mass is 15.4. The quantitative estimate of drug-likeness (QED) is 0.463. The van der Waals surface area contributed by atoms with Crippen molar-refractivity contribution in [1.29, 1.82) is 0 Å². The van der Waals surface area contributed by atoms with Crippen LogP contribution < -0.4 is 5.43 Å². The van der Waals surface area contributed by atoms with Gasteiger partial charge in [0.2, 0.25) is 5.95 Å². The SMILES string of the molecule is CCCCc1cc(CC)nc(NN=C(C)c2ccccc2C(C)CC)n1. The van der Waals surface area contributed by atoms with E-state index in [-0.39, 0.29) is 0 Å². The molecule has 0 bridgehead atoms. The first-order valence-corrected chi connectivity index (χ1v) is 9.85. The fraction of sp³-hybridized carbons (Fsp3) is 0.500. The topological polar surface area (TPSA) is 50.2 Å². The number of nitrogens with zero attached hydrogens (tertiary/aromatic N) is 3. The van der Waals surface area contributed by atoms with Crippen LogP contribution in [0.15, 0.2) is 35.4 Å². The smallest absolute Gasteiger partial charge is 0.243 e. The van der Waals surface area contributed by atoms with Gasteiger partial charge in [-0.2, -0.15) is 5.10 Å². The Balaban J connectivity index is 2.23. The zero-order chi connectivity index (χ0) is 18.9. The zero-order valence-electron chi connectivity index (χ0n) is 16.8. The monoisotopic (exact) mass is 352 g/mol. The summed E-state index contributed by atoms with van der Waals surface area (Å²) >= 11 is 0. The number of nitrogens with one attached hydrogen (secondary N) is 1. The molecule has 0 aliphatic heterocycles. The minimum absolute atomic E-state index is 0.511. The molecule has 4 nitrogen and oxygen atoms in total. The van der Waals surface area contributed by atoms with Crippen molar-refractivity contribution in [2.45, 2.75) is 72.6 Å². The molecule has 1 aromatic heterocycles. The highest BCUT2D eigenvalue weighted by Crippen LogP contribution is 2.23. The average molecular weight is 353 g/mol. The van der Waals surface area contributed by atoms with Gasteiger partial charge in [0.05, 0.1) is 5.71 Å². The van der Waals surface area contributed by atoms with Gasteiger partial charge >= 0.3 is 0 Å². The summed E-state index contributed by atoms with van der Waals surface area (Å²) in [6.45, 7) is 10.8. The van der Waals surface area contributed by atoms with E-state index in [4.69, 9.17) is 0 Å². The number of hydrogen-bond acceptors (Lipinski definition) is 4. The maximum absolute atomic E-state index is 4.63. The van der Waals surface area contributed by atoms with Crippen molar-refractivity contribution in [3.63, 3.8) is 0 Å². The Morgan fingerprint density at radius 3 is 2.54 bits per heavy atom. The molecule has 1 unspecified atom stereocenters. The molecule has 0 radical (unpaired) electrons. The summed E-state index contributed by atoms with van der Waals surface area (Å²) in [7, 11) is 0. The van der Waals surface area contributed by atoms with E-state index in [1.807, 2.05) is 6.92 Å². The van der Waals surface area contributed by atoms with E-state index in [1.54, 1.807) is 0 Å². The Morgan fingerprint density at radius 1 is 1.12 bits per heavy atom. The number of anilines is 1. The Kier molecular flexibility index (Phi) is 7.76. The molecule has 1 atom stereocenters. The van der Waals surface area contributed by atoms with Gasteiger partial charge in [0.1, 0.15) is 0 Å². The van der Waals surface area contributed by atoms with Crippen LogP contribution in [0.5, 0.6) is 0 Å². The molecular formula is C22H32N4. The summed E-state index contributed by atoms with van der Waals surface area (Å²) in [5, 5.41) is 4.58. The molecule has 2 rings (SSSR count). The van der Waals surface area contributed by atoms with Gasteiger partial charge in [0, 0.05) is 17.0 Å². The molecule has 26 heavy (non-hydrogen) atoms. The maximum Gasteiger partial charge on any atom is 0.243 e. The summed E-state index contributed by atoms with van der Waals surface area (Å²) in [4.78, 5) is 9.20. The molecule has 4 heteroatoms. The van der Waals surface area contributed by atoms with Crippen molar-refractivity contribution in [2.75, 3.05) is 5.43 Å². The van der Waals surface area contributed by atoms with E-state index in [2.05, 4.69) is 78.5 Å². The van der Waals surface area contributed by atoms with Crippen LogP contribution in [-0.2, 0) is 12.8 Å². The van der Waals surface area contributed by atoms with Gasteiger partial charge < -0.3 is 0 Å². The number of aromatic nitrogens is 2. The first-order valence-electron chi connectivity index (χ1n) is 9.85. The van der Waals surface area contributed by atoms with Crippen molar-refractivity contribution < 1.29 is 0 Å². The summed E-state index contributed by atoms with van der Waals surface area (Å²) in [5.74, 6) is 1.10. The van der Waals surface area contributed by atoms with Crippen molar-refractivity contribution in [1.82, 2.24) is 9.97 Å². The first kappa shape index (κ1) is 20.1. The number of hydrazone groups is 1. The molecule has 0 aliphatic carbocycles. The van der Waals surface area contributed by atoms with Crippen LogP contribution in [0.1, 0.15) is 82.3 Å². The van der Waals surface area contributed by atoms with Crippen molar-refractivity contribution in [3.8, 4) is 0 Å². The molecule has 140 valence electrons. The second kappa shape index (κ2) is 10.0. The summed E-state index contributed by atoms with van der Waals surface area (Å²) < 4.78 is 0. The average Bonchev–Trinajstić information content (AvgIpc) is 2.69. The van der Waals surface area contributed by atoms with Gasteiger partial charge in [0.15, 0.2) is 0 Å². The largest absolute Gasteiger partial charge is 0.245 e. The summed E-state index contributed by atoms with van der Waals surface area (Å²) in [6, 6.07) is 10.6. The van der Waals surface area contributed by atoms with E-state index in [9.17, 15) is 0 Å². The fourth-order valence-corrected chi connectivity index (χ4v) is 2.94. The Bertz CT molecular complexity index is 737. The van der Waals surface area contributed by atoms with Gasteiger partial charge in [-0.3, -0.25) is 0 Å². The number of unbranched alkanes of at least 4 members (excludes halogenated alkanes) is 1. The van der Waals surface area contributed by atoms with Gasteiger partial charge in [-0.25, -0.2) is 15.4 Å². The van der Waals surface area contributed by atoms with Crippen LogP contribution in [0.2, 0.25) is 0 Å². The molecule has 0 saturated carbocycles. The van der Waals surface area contributed by atoms with E-state index < -0.39 is 0 Å². The highest BCUT2D eigenvalue weighted by molar-refractivity contribution is 6.00. The number of aryl methyl sites for hydroxylation is 2. The molecule has 1 aromatic carbocycles. The molecule has 0 fully saturated rings. The van der Waals surface area contributed by atoms with Crippen LogP contribution >= 0.6 is 0 Å². The molecular weight excluding hydrogens is 320 g/mol. The molecule has 1 heterocycles. The lowest BCUT2D eigenvalue weighted by atomic mass is 9.92. The van der Waals surface area contributed by atoms with Gasteiger partial charge in [0.25, 0.3) is 0 Å². The third kappa shape index (κ3) is 5.38. The van der Waals surface area contributed by atoms with Crippen molar-refractivity contribution in [2.24, 2.45) is 5.10 Å². The lowest BCUT2D eigenvalue weighted by Crippen LogP contribution is -2.08. The Labute approximate surface area is 158 Å². The Morgan fingerprint density at radius 2 is 1.85 bits per heavy atom. The minimum Gasteiger partial charge on any atom is -0.245 e. The van der Waals surface area contributed by atoms with Crippen molar-refractivity contribution >= 4 is 11.7 Å². The molecule has 2 aromatic rings. The Hall–Kier alpha value is -2.23. The van der Waals surface area contributed by atoms with Crippen LogP contribution in [0, 0.1) is 0 Å². The summed E-state index contributed by atoms with van der Waals surface area (Å²) in [6.07, 6.45) is 5.30. The standard InChI is InChI=1S/C22H32N4/c1-6-9-12-19-15-18(8-3)23-22(24-19)26-25-17(5)21-14-11-10-13-20(21)16(4)7-2/h10-11,13-16H,6-9,12H2,1-5H3,(H,23,24,26). The number of benzene rings is 1. The predicted octanol–water partition coefficient (Wildman–Crippen LogP) is 5.73. The lowest BCUT2D eigenvalue weighted by molar-refractivity contribution is 0.732. The van der Waals surface area contributed by atoms with Crippen LogP contribution in [0.4, 0.5) is 5.95 Å². The number of hydrogen-bond donors (Lipinski definition) is 1. The maximum atomic E-state index is 4.63. The molecule has 1 N–H and O–H groups in total. The normalized spacial score (nSPS) is 12.9. The third-order valence-electron chi connectivity index (χ3n) is 4.80. The summed E-state index contributed by atoms with van der Waals surface area (Å²) in [5.41, 5.74) is 8.72. The predicted molar refractivity (Wildman–Crippen MR) is 111 cm³/mol. The first-order chi connectivity index (χ1) is 12.6. The van der Waals surface area contributed by atoms with Crippen LogP contribution in [-0.4, -0.2) is 15.7 Å². The van der Waals surface area contributed by atoms with E-state index in [1.165, 1.54) is 11.1 Å². The molecule has 0 spiro atoms. The minimum atomic E-state index is 0.511. The van der Waals surface area contributed by atoms with Crippen molar-refractivity contribution in [3.05, 3.63) is 52.8 Å². The zero-order valence-corrected chi connectivity index (χ0v) is 16.8. The van der Waals surface area contributed by atoms with E-state index >= 15 is 0 Å². The van der Waals surface area contributed by atoms with E-state index in [0.29, 0.717) is 11.9 Å². The number of rotatable bonds is 9. The molecule has 0 saturated heterocycles. The lowest BCUT2D eigenvalue weighted by Gasteiger charge is -2.14. The van der Waals surface area contributed by atoms with Gasteiger partial charge in [-0.15, -0.1) is 0 Å². The molecule has 0 aliphatic rings. The van der Waals surface area contributed by atoms with Crippen LogP contribution in [0.3, 0.4) is 0 Å². The van der Waals surface area contributed by atoms with Gasteiger partial charge in [-0.05, 0) is 50.2 Å².